The fourth-order valence-corrected chi connectivity index (χ4v) is 3.40. The van der Waals surface area contributed by atoms with E-state index in [2.05, 4.69) is 21.7 Å². The molecule has 138 valence electrons. The second kappa shape index (κ2) is 8.32. The Morgan fingerprint density at radius 3 is 2.46 bits per heavy atom. The van der Waals surface area contributed by atoms with E-state index in [1.165, 1.54) is 0 Å². The van der Waals surface area contributed by atoms with Crippen LogP contribution >= 0.6 is 0 Å². The third-order valence-corrected chi connectivity index (χ3v) is 5.03. The molecule has 1 aromatic carbocycles. The number of pyridine rings is 1. The maximum atomic E-state index is 12.9. The molecule has 1 fully saturated rings. The summed E-state index contributed by atoms with van der Waals surface area (Å²) in [4.78, 5) is 23.9. The first-order chi connectivity index (χ1) is 12.6. The van der Waals surface area contributed by atoms with E-state index in [4.69, 9.17) is 0 Å². The molecule has 1 amide bonds. The van der Waals surface area contributed by atoms with E-state index < -0.39 is 0 Å². The molecule has 3 rings (SSSR count). The second-order valence-corrected chi connectivity index (χ2v) is 6.71. The van der Waals surface area contributed by atoms with Crippen LogP contribution in [-0.4, -0.2) is 55.1 Å². The van der Waals surface area contributed by atoms with Crippen LogP contribution in [0.2, 0.25) is 0 Å². The van der Waals surface area contributed by atoms with Crippen molar-refractivity contribution in [3.63, 3.8) is 0 Å². The summed E-state index contributed by atoms with van der Waals surface area (Å²) in [7, 11) is 0. The SMILES string of the molecule is CCN1CCN(c2ccc(C(=O)N(CC)c3cccc(C)c3)nc2)CC1. The minimum atomic E-state index is -0.0551. The number of hydrogen-bond donors (Lipinski definition) is 0. The van der Waals surface area contributed by atoms with E-state index in [1.807, 2.05) is 56.4 Å². The van der Waals surface area contributed by atoms with Crippen molar-refractivity contribution in [1.82, 2.24) is 9.88 Å². The Labute approximate surface area is 156 Å². The van der Waals surface area contributed by atoms with Crippen LogP contribution in [0.5, 0.6) is 0 Å². The Hall–Kier alpha value is -2.40. The van der Waals surface area contributed by atoms with Crippen LogP contribution in [0, 0.1) is 6.92 Å². The molecule has 0 bridgehead atoms. The van der Waals surface area contributed by atoms with Crippen LogP contribution < -0.4 is 9.80 Å². The Morgan fingerprint density at radius 1 is 1.12 bits per heavy atom. The quantitative estimate of drug-likeness (QED) is 0.828. The topological polar surface area (TPSA) is 39.7 Å². The summed E-state index contributed by atoms with van der Waals surface area (Å²) in [6, 6.07) is 11.9. The minimum Gasteiger partial charge on any atom is -0.368 e. The van der Waals surface area contributed by atoms with E-state index in [1.54, 1.807) is 4.90 Å². The fraction of sp³-hybridized carbons (Fsp3) is 0.429. The number of carbonyl (C=O) groups excluding carboxylic acids is 1. The van der Waals surface area contributed by atoms with Crippen molar-refractivity contribution >= 4 is 17.3 Å². The Balaban J connectivity index is 1.72. The number of carbonyl (C=O) groups is 1. The molecule has 1 aliphatic heterocycles. The van der Waals surface area contributed by atoms with Gasteiger partial charge in [0.1, 0.15) is 5.69 Å². The van der Waals surface area contributed by atoms with Gasteiger partial charge in [0.05, 0.1) is 11.9 Å². The molecular formula is C21H28N4O. The molecule has 2 aromatic rings. The van der Waals surface area contributed by atoms with Crippen LogP contribution in [-0.2, 0) is 0 Å². The summed E-state index contributed by atoms with van der Waals surface area (Å²) in [6.45, 7) is 12.1. The number of aryl methyl sites for hydroxylation is 1. The lowest BCUT2D eigenvalue weighted by Gasteiger charge is -2.35. The van der Waals surface area contributed by atoms with Crippen molar-refractivity contribution in [3.05, 3.63) is 53.9 Å². The first kappa shape index (κ1) is 18.4. The third-order valence-electron chi connectivity index (χ3n) is 5.03. The number of piperazine rings is 1. The maximum absolute atomic E-state index is 12.9. The molecule has 1 saturated heterocycles. The Bertz CT molecular complexity index is 736. The van der Waals surface area contributed by atoms with Gasteiger partial charge in [-0.05, 0) is 50.2 Å². The normalized spacial score (nSPS) is 15.1. The van der Waals surface area contributed by atoms with Crippen molar-refractivity contribution in [2.24, 2.45) is 0 Å². The molecule has 5 heteroatoms. The predicted octanol–water partition coefficient (Wildman–Crippen LogP) is 3.20. The molecule has 5 nitrogen and oxygen atoms in total. The van der Waals surface area contributed by atoms with E-state index in [0.717, 1.165) is 49.7 Å². The number of likely N-dealkylation sites (N-methyl/N-ethyl adjacent to an activating group) is 1. The predicted molar refractivity (Wildman–Crippen MR) is 107 cm³/mol. The molecule has 1 aliphatic rings. The van der Waals surface area contributed by atoms with Gasteiger partial charge < -0.3 is 14.7 Å². The summed E-state index contributed by atoms with van der Waals surface area (Å²) in [5, 5.41) is 0. The van der Waals surface area contributed by atoms with Gasteiger partial charge >= 0.3 is 0 Å². The summed E-state index contributed by atoms with van der Waals surface area (Å²) >= 11 is 0. The minimum absolute atomic E-state index is 0.0551. The lowest BCUT2D eigenvalue weighted by atomic mass is 10.2. The molecule has 26 heavy (non-hydrogen) atoms. The lowest BCUT2D eigenvalue weighted by Crippen LogP contribution is -2.46. The zero-order valence-corrected chi connectivity index (χ0v) is 16.0. The van der Waals surface area contributed by atoms with Gasteiger partial charge in [0, 0.05) is 38.4 Å². The van der Waals surface area contributed by atoms with Crippen LogP contribution in [0.15, 0.2) is 42.6 Å². The van der Waals surface area contributed by atoms with Gasteiger partial charge in [0.15, 0.2) is 0 Å². The van der Waals surface area contributed by atoms with E-state index in [0.29, 0.717) is 12.2 Å². The van der Waals surface area contributed by atoms with Crippen LogP contribution in [0.3, 0.4) is 0 Å². The molecule has 0 N–H and O–H groups in total. The average molecular weight is 352 g/mol. The van der Waals surface area contributed by atoms with Crippen molar-refractivity contribution in [2.75, 3.05) is 49.1 Å². The number of aromatic nitrogens is 1. The number of benzene rings is 1. The molecule has 0 unspecified atom stereocenters. The van der Waals surface area contributed by atoms with Gasteiger partial charge in [0.2, 0.25) is 0 Å². The van der Waals surface area contributed by atoms with Gasteiger partial charge in [-0.2, -0.15) is 0 Å². The average Bonchev–Trinajstić information content (AvgIpc) is 2.69. The number of anilines is 2. The molecule has 0 aliphatic carbocycles. The van der Waals surface area contributed by atoms with E-state index in [-0.39, 0.29) is 5.91 Å². The first-order valence-electron chi connectivity index (χ1n) is 9.44. The summed E-state index contributed by atoms with van der Waals surface area (Å²) in [6.07, 6.45) is 1.83. The zero-order valence-electron chi connectivity index (χ0n) is 16.0. The Kier molecular flexibility index (Phi) is 5.89. The summed E-state index contributed by atoms with van der Waals surface area (Å²) in [5.74, 6) is -0.0551. The number of rotatable bonds is 5. The monoisotopic (exact) mass is 352 g/mol. The van der Waals surface area contributed by atoms with Crippen LogP contribution in [0.1, 0.15) is 29.9 Å². The molecule has 0 radical (unpaired) electrons. The van der Waals surface area contributed by atoms with Crippen molar-refractivity contribution in [2.45, 2.75) is 20.8 Å². The standard InChI is InChI=1S/C21H28N4O/c1-4-23-11-13-24(14-12-23)19-9-10-20(22-16-19)21(26)25(5-2)18-8-6-7-17(3)15-18/h6-10,15-16H,4-5,11-14H2,1-3H3. The molecule has 0 atom stereocenters. The van der Waals surface area contributed by atoms with E-state index >= 15 is 0 Å². The molecule has 0 spiro atoms. The first-order valence-corrected chi connectivity index (χ1v) is 9.44. The molecule has 2 heterocycles. The zero-order chi connectivity index (χ0) is 18.5. The number of hydrogen-bond acceptors (Lipinski definition) is 4. The van der Waals surface area contributed by atoms with Gasteiger partial charge in [-0.1, -0.05) is 19.1 Å². The van der Waals surface area contributed by atoms with Gasteiger partial charge in [0.25, 0.3) is 5.91 Å². The third kappa shape index (κ3) is 4.05. The van der Waals surface area contributed by atoms with Crippen molar-refractivity contribution in [3.8, 4) is 0 Å². The number of nitrogens with zero attached hydrogens (tertiary/aromatic N) is 4. The smallest absolute Gasteiger partial charge is 0.276 e. The fourth-order valence-electron chi connectivity index (χ4n) is 3.40. The summed E-state index contributed by atoms with van der Waals surface area (Å²) < 4.78 is 0. The molecular weight excluding hydrogens is 324 g/mol. The van der Waals surface area contributed by atoms with Gasteiger partial charge in [-0.3, -0.25) is 4.79 Å². The Morgan fingerprint density at radius 2 is 1.88 bits per heavy atom. The molecule has 1 aromatic heterocycles. The lowest BCUT2D eigenvalue weighted by molar-refractivity contribution is 0.0983. The van der Waals surface area contributed by atoms with E-state index in [9.17, 15) is 4.79 Å². The van der Waals surface area contributed by atoms with Crippen molar-refractivity contribution < 1.29 is 4.79 Å². The highest BCUT2D eigenvalue weighted by molar-refractivity contribution is 6.04. The summed E-state index contributed by atoms with van der Waals surface area (Å²) in [5.41, 5.74) is 3.64. The highest BCUT2D eigenvalue weighted by Gasteiger charge is 2.19. The molecule has 0 saturated carbocycles. The second-order valence-electron chi connectivity index (χ2n) is 6.71. The van der Waals surface area contributed by atoms with Gasteiger partial charge in [-0.25, -0.2) is 4.98 Å². The van der Waals surface area contributed by atoms with Crippen LogP contribution in [0.25, 0.3) is 0 Å². The highest BCUT2D eigenvalue weighted by atomic mass is 16.2. The number of amides is 1. The maximum Gasteiger partial charge on any atom is 0.276 e. The van der Waals surface area contributed by atoms with Crippen LogP contribution in [0.4, 0.5) is 11.4 Å². The highest BCUT2D eigenvalue weighted by Crippen LogP contribution is 2.20. The van der Waals surface area contributed by atoms with Gasteiger partial charge in [-0.15, -0.1) is 0 Å². The largest absolute Gasteiger partial charge is 0.368 e. The van der Waals surface area contributed by atoms with Crippen molar-refractivity contribution in [1.29, 1.82) is 0 Å².